The third-order valence-electron chi connectivity index (χ3n) is 5.31. The highest BCUT2D eigenvalue weighted by Gasteiger charge is 2.33. The number of hydrogen-bond donors (Lipinski definition) is 0. The first-order valence-electron chi connectivity index (χ1n) is 9.77. The summed E-state index contributed by atoms with van der Waals surface area (Å²) < 4.78 is 65.3. The van der Waals surface area contributed by atoms with Gasteiger partial charge in [0.2, 0.25) is 10.0 Å². The lowest BCUT2D eigenvalue weighted by atomic mass is 10.0. The van der Waals surface area contributed by atoms with Crippen molar-refractivity contribution in [2.75, 3.05) is 37.3 Å². The fourth-order valence-corrected chi connectivity index (χ4v) is 4.65. The van der Waals surface area contributed by atoms with Crippen molar-refractivity contribution in [1.82, 2.24) is 14.3 Å². The maximum Gasteiger partial charge on any atom is 0.433 e. The quantitative estimate of drug-likeness (QED) is 0.608. The van der Waals surface area contributed by atoms with Crippen molar-refractivity contribution in [3.05, 3.63) is 54.4 Å². The fraction of sp³-hybridized carbons (Fsp3) is 0.333. The summed E-state index contributed by atoms with van der Waals surface area (Å²) in [6, 6.07) is 11.4. The fourth-order valence-electron chi connectivity index (χ4n) is 3.78. The summed E-state index contributed by atoms with van der Waals surface area (Å²) in [6.07, 6.45) is -1.26. The molecule has 0 amide bonds. The van der Waals surface area contributed by atoms with Crippen LogP contribution in [0.4, 0.5) is 19.0 Å². The minimum atomic E-state index is -4.57. The summed E-state index contributed by atoms with van der Waals surface area (Å²) in [7, 11) is -3.31. The largest absolute Gasteiger partial charge is 0.433 e. The maximum absolute atomic E-state index is 13.4. The summed E-state index contributed by atoms with van der Waals surface area (Å²) >= 11 is 0. The smallest absolute Gasteiger partial charge is 0.355 e. The van der Waals surface area contributed by atoms with Crippen molar-refractivity contribution >= 4 is 26.7 Å². The van der Waals surface area contributed by atoms with Crippen LogP contribution in [0.25, 0.3) is 22.0 Å². The molecule has 0 bridgehead atoms. The number of fused-ring (bicyclic) bond motifs is 1. The lowest BCUT2D eigenvalue weighted by molar-refractivity contribution is -0.140. The summed E-state index contributed by atoms with van der Waals surface area (Å²) in [5.74, 6) is 0.506. The Morgan fingerprint density at radius 2 is 1.71 bits per heavy atom. The molecule has 3 aromatic rings. The van der Waals surface area contributed by atoms with Crippen molar-refractivity contribution < 1.29 is 21.6 Å². The minimum absolute atomic E-state index is 0.218. The summed E-state index contributed by atoms with van der Waals surface area (Å²) in [5.41, 5.74) is 0.485. The molecule has 0 aliphatic carbocycles. The van der Waals surface area contributed by atoms with E-state index in [0.717, 1.165) is 11.6 Å². The third kappa shape index (κ3) is 4.49. The van der Waals surface area contributed by atoms with E-state index in [4.69, 9.17) is 0 Å². The van der Waals surface area contributed by atoms with Gasteiger partial charge >= 0.3 is 6.18 Å². The van der Waals surface area contributed by atoms with Gasteiger partial charge in [-0.25, -0.2) is 22.7 Å². The van der Waals surface area contributed by atoms with Gasteiger partial charge in [-0.15, -0.1) is 0 Å². The molecule has 0 atom stereocenters. The van der Waals surface area contributed by atoms with Crippen LogP contribution < -0.4 is 4.90 Å². The van der Waals surface area contributed by atoms with Gasteiger partial charge in [-0.3, -0.25) is 0 Å². The number of nitrogens with zero attached hydrogens (tertiary/aromatic N) is 4. The Bertz CT molecular complexity index is 1200. The van der Waals surface area contributed by atoms with Crippen molar-refractivity contribution in [2.45, 2.75) is 12.6 Å². The number of sulfonamides is 1. The molecular weight excluding hydrogens is 429 g/mol. The lowest BCUT2D eigenvalue weighted by Gasteiger charge is -2.24. The van der Waals surface area contributed by atoms with E-state index in [2.05, 4.69) is 9.97 Å². The number of alkyl halides is 3. The summed E-state index contributed by atoms with van der Waals surface area (Å²) in [5, 5.41) is 0.502. The second kappa shape index (κ2) is 8.08. The maximum atomic E-state index is 13.4. The zero-order valence-electron chi connectivity index (χ0n) is 16.8. The Hall–Kier alpha value is -2.72. The van der Waals surface area contributed by atoms with Crippen LogP contribution >= 0.6 is 0 Å². The molecule has 1 aliphatic heterocycles. The molecule has 0 N–H and O–H groups in total. The van der Waals surface area contributed by atoms with E-state index in [1.165, 1.54) is 16.6 Å². The number of hydrogen-bond acceptors (Lipinski definition) is 5. The molecule has 6 nitrogen and oxygen atoms in total. The lowest BCUT2D eigenvalue weighted by Crippen LogP contribution is -2.34. The Kier molecular flexibility index (Phi) is 5.61. The van der Waals surface area contributed by atoms with E-state index >= 15 is 0 Å². The first kappa shape index (κ1) is 21.5. The van der Waals surface area contributed by atoms with Crippen LogP contribution in [-0.4, -0.2) is 55.1 Å². The monoisotopic (exact) mass is 450 g/mol. The molecule has 1 aromatic carbocycles. The van der Waals surface area contributed by atoms with Gasteiger partial charge in [0.25, 0.3) is 0 Å². The molecule has 0 spiro atoms. The molecule has 1 saturated heterocycles. The van der Waals surface area contributed by atoms with Crippen molar-refractivity contribution in [1.29, 1.82) is 0 Å². The van der Waals surface area contributed by atoms with Crippen LogP contribution in [0.5, 0.6) is 0 Å². The van der Waals surface area contributed by atoms with E-state index in [9.17, 15) is 21.6 Å². The standard InChI is InChI=1S/C21H21F3N4O2S/c1-31(29,30)28-11-5-10-27(12-13-28)20-16-8-9-18(21(22,23)24)26-19(16)17(14-25-20)15-6-3-2-4-7-15/h2-4,6-9,14H,5,10-13H2,1H3. The van der Waals surface area contributed by atoms with Crippen LogP contribution in [0.2, 0.25) is 0 Å². The zero-order valence-corrected chi connectivity index (χ0v) is 17.6. The number of anilines is 1. The first-order valence-corrected chi connectivity index (χ1v) is 11.6. The van der Waals surface area contributed by atoms with Gasteiger partial charge in [-0.05, 0) is 24.1 Å². The highest BCUT2D eigenvalue weighted by Crippen LogP contribution is 2.36. The first-order chi connectivity index (χ1) is 14.6. The third-order valence-corrected chi connectivity index (χ3v) is 6.61. The van der Waals surface area contributed by atoms with Crippen molar-refractivity contribution in [3.8, 4) is 11.1 Å². The molecule has 0 unspecified atom stereocenters. The van der Waals surface area contributed by atoms with E-state index < -0.39 is 21.9 Å². The molecule has 0 radical (unpaired) electrons. The van der Waals surface area contributed by atoms with Gasteiger partial charge in [0.1, 0.15) is 11.5 Å². The number of pyridine rings is 2. The highest BCUT2D eigenvalue weighted by atomic mass is 32.2. The van der Waals surface area contributed by atoms with Crippen LogP contribution in [0, 0.1) is 0 Å². The number of rotatable bonds is 3. The van der Waals surface area contributed by atoms with Crippen LogP contribution in [0.15, 0.2) is 48.7 Å². The molecule has 1 aliphatic rings. The molecule has 4 rings (SSSR count). The van der Waals surface area contributed by atoms with Gasteiger partial charge < -0.3 is 4.90 Å². The van der Waals surface area contributed by atoms with Crippen LogP contribution in [0.3, 0.4) is 0 Å². The van der Waals surface area contributed by atoms with Crippen molar-refractivity contribution in [3.63, 3.8) is 0 Å². The van der Waals surface area contributed by atoms with Crippen LogP contribution in [-0.2, 0) is 16.2 Å². The molecule has 164 valence electrons. The normalized spacial score (nSPS) is 16.5. The average Bonchev–Trinajstić information content (AvgIpc) is 2.99. The number of benzene rings is 1. The number of aromatic nitrogens is 2. The Morgan fingerprint density at radius 1 is 0.968 bits per heavy atom. The van der Waals surface area contributed by atoms with Gasteiger partial charge in [-0.1, -0.05) is 30.3 Å². The van der Waals surface area contributed by atoms with Gasteiger partial charge in [-0.2, -0.15) is 13.2 Å². The highest BCUT2D eigenvalue weighted by molar-refractivity contribution is 7.88. The Balaban J connectivity index is 1.82. The second-order valence-electron chi connectivity index (χ2n) is 7.45. The van der Waals surface area contributed by atoms with Gasteiger partial charge in [0, 0.05) is 43.3 Å². The van der Waals surface area contributed by atoms with E-state index in [1.54, 1.807) is 30.5 Å². The van der Waals surface area contributed by atoms with E-state index in [1.807, 2.05) is 11.0 Å². The van der Waals surface area contributed by atoms with Gasteiger partial charge in [0.05, 0.1) is 11.8 Å². The Labute approximate surface area is 178 Å². The summed E-state index contributed by atoms with van der Waals surface area (Å²) in [6.45, 7) is 1.61. The molecular formula is C21H21F3N4O2S. The number of halogens is 3. The van der Waals surface area contributed by atoms with Gasteiger partial charge in [0.15, 0.2) is 0 Å². The molecule has 0 saturated carbocycles. The second-order valence-corrected chi connectivity index (χ2v) is 9.44. The molecule has 1 fully saturated rings. The molecule has 3 heterocycles. The van der Waals surface area contributed by atoms with Crippen LogP contribution in [0.1, 0.15) is 12.1 Å². The average molecular weight is 450 g/mol. The predicted octanol–water partition coefficient (Wildman–Crippen LogP) is 3.79. The van der Waals surface area contributed by atoms with Crippen molar-refractivity contribution in [2.24, 2.45) is 0 Å². The topological polar surface area (TPSA) is 66.4 Å². The minimum Gasteiger partial charge on any atom is -0.355 e. The Morgan fingerprint density at radius 3 is 2.39 bits per heavy atom. The predicted molar refractivity (Wildman–Crippen MR) is 113 cm³/mol. The summed E-state index contributed by atoms with van der Waals surface area (Å²) in [4.78, 5) is 10.4. The van der Waals surface area contributed by atoms with E-state index in [0.29, 0.717) is 42.8 Å². The SMILES string of the molecule is CS(=O)(=O)N1CCCN(c2ncc(-c3ccccc3)c3nc(C(F)(F)F)ccc23)CC1. The molecule has 31 heavy (non-hydrogen) atoms. The van der Waals surface area contributed by atoms with E-state index in [-0.39, 0.29) is 12.1 Å². The molecule has 2 aromatic heterocycles. The molecule has 10 heteroatoms. The zero-order chi connectivity index (χ0) is 22.2.